The van der Waals surface area contributed by atoms with Crippen molar-refractivity contribution in [3.8, 4) is 0 Å². The highest BCUT2D eigenvalue weighted by Crippen LogP contribution is 2.18. The lowest BCUT2D eigenvalue weighted by molar-refractivity contribution is 0.0900. The Morgan fingerprint density at radius 3 is 2.86 bits per heavy atom. The Balaban J connectivity index is 1.59. The van der Waals surface area contributed by atoms with Crippen molar-refractivity contribution in [1.82, 2.24) is 14.9 Å². The maximum absolute atomic E-state index is 14.0. The summed E-state index contributed by atoms with van der Waals surface area (Å²) in [7, 11) is 0. The number of halogens is 1. The number of hydrogen-bond donors (Lipinski definition) is 2. The van der Waals surface area contributed by atoms with Crippen LogP contribution in [0.1, 0.15) is 18.7 Å². The van der Waals surface area contributed by atoms with E-state index in [0.29, 0.717) is 34.1 Å². The molecule has 1 aromatic heterocycles. The first-order valence-corrected chi connectivity index (χ1v) is 9.91. The fraction of sp³-hybridized carbons (Fsp3) is 0.286. The lowest BCUT2D eigenvalue weighted by Gasteiger charge is -2.28. The monoisotopic (exact) mass is 412 g/mol. The van der Waals surface area contributed by atoms with E-state index in [0.717, 1.165) is 19.4 Å². The van der Waals surface area contributed by atoms with Gasteiger partial charge in [-0.2, -0.15) is 0 Å². The van der Waals surface area contributed by atoms with Crippen molar-refractivity contribution in [3.05, 3.63) is 70.5 Å². The van der Waals surface area contributed by atoms with E-state index in [4.69, 9.17) is 17.0 Å². The zero-order chi connectivity index (χ0) is 20.2. The lowest BCUT2D eigenvalue weighted by atomic mass is 10.2. The third kappa shape index (κ3) is 4.60. The van der Waals surface area contributed by atoms with Crippen molar-refractivity contribution in [3.63, 3.8) is 0 Å². The Hall–Kier alpha value is -2.84. The fourth-order valence-electron chi connectivity index (χ4n) is 3.40. The summed E-state index contributed by atoms with van der Waals surface area (Å²) in [5, 5.41) is 3.85. The van der Waals surface area contributed by atoms with Crippen LogP contribution < -0.4 is 10.9 Å². The number of ether oxygens (including phenoxy) is 1. The molecule has 1 fully saturated rings. The Morgan fingerprint density at radius 1 is 1.28 bits per heavy atom. The van der Waals surface area contributed by atoms with Crippen LogP contribution in [0.3, 0.4) is 0 Å². The van der Waals surface area contributed by atoms with E-state index in [9.17, 15) is 9.18 Å². The fourth-order valence-corrected chi connectivity index (χ4v) is 3.65. The number of aromatic amines is 1. The highest BCUT2D eigenvalue weighted by Gasteiger charge is 2.22. The second-order valence-electron chi connectivity index (χ2n) is 6.96. The molecule has 1 aliphatic rings. The van der Waals surface area contributed by atoms with E-state index in [-0.39, 0.29) is 24.0 Å². The molecular formula is C21H21FN4O2S. The Kier molecular flexibility index (Phi) is 5.82. The van der Waals surface area contributed by atoms with Crippen LogP contribution in [0, 0.1) is 5.82 Å². The molecule has 0 spiro atoms. The van der Waals surface area contributed by atoms with Crippen LogP contribution in [-0.2, 0) is 11.3 Å². The molecule has 150 valence electrons. The number of fused-ring (bicyclic) bond motifs is 1. The molecule has 8 heteroatoms. The molecule has 0 bridgehead atoms. The normalized spacial score (nSPS) is 16.1. The maximum Gasteiger partial charge on any atom is 0.258 e. The summed E-state index contributed by atoms with van der Waals surface area (Å²) in [5.74, 6) is 0.105. The second-order valence-corrected chi connectivity index (χ2v) is 7.34. The van der Waals surface area contributed by atoms with E-state index < -0.39 is 0 Å². The topological polar surface area (TPSA) is 70.2 Å². The van der Waals surface area contributed by atoms with Gasteiger partial charge < -0.3 is 19.9 Å². The number of nitrogens with zero attached hydrogens (tertiary/aromatic N) is 2. The maximum atomic E-state index is 14.0. The van der Waals surface area contributed by atoms with Gasteiger partial charge >= 0.3 is 0 Å². The van der Waals surface area contributed by atoms with Gasteiger partial charge in [0, 0.05) is 13.2 Å². The number of anilines is 1. The molecule has 29 heavy (non-hydrogen) atoms. The molecular weight excluding hydrogens is 391 g/mol. The summed E-state index contributed by atoms with van der Waals surface area (Å²) in [6.45, 7) is 1.52. The number of thiocarbonyl (C=S) groups is 1. The second kappa shape index (κ2) is 8.67. The molecule has 2 aromatic carbocycles. The molecule has 2 heterocycles. The first-order valence-electron chi connectivity index (χ1n) is 9.50. The minimum Gasteiger partial charge on any atom is -0.376 e. The van der Waals surface area contributed by atoms with E-state index in [1.165, 1.54) is 6.07 Å². The van der Waals surface area contributed by atoms with Crippen molar-refractivity contribution in [2.24, 2.45) is 0 Å². The molecule has 6 nitrogen and oxygen atoms in total. The molecule has 0 aliphatic carbocycles. The van der Waals surface area contributed by atoms with Crippen LogP contribution in [0.4, 0.5) is 10.1 Å². The summed E-state index contributed by atoms with van der Waals surface area (Å²) in [4.78, 5) is 21.6. The summed E-state index contributed by atoms with van der Waals surface area (Å²) in [5.41, 5.74) is 0.724. The molecule has 1 aliphatic heterocycles. The summed E-state index contributed by atoms with van der Waals surface area (Å²) in [6, 6.07) is 13.5. The number of hydrogen-bond acceptors (Lipinski definition) is 4. The standard InChI is InChI=1S/C21H21FN4O2S/c22-16-8-2-4-10-18(16)24-21(29)26(12-14-6-5-11-28-14)13-19-23-17-9-3-1-7-15(17)20(27)25-19/h1-4,7-10,14H,5-6,11-13H2,(H,24,29)(H,23,25,27)/t14-/m0/s1. The van der Waals surface area contributed by atoms with Crippen molar-refractivity contribution in [2.45, 2.75) is 25.5 Å². The average Bonchev–Trinajstić information content (AvgIpc) is 3.22. The highest BCUT2D eigenvalue weighted by molar-refractivity contribution is 7.80. The van der Waals surface area contributed by atoms with E-state index in [1.54, 1.807) is 36.4 Å². The van der Waals surface area contributed by atoms with Crippen LogP contribution >= 0.6 is 12.2 Å². The minimum atomic E-state index is -0.385. The van der Waals surface area contributed by atoms with Crippen molar-refractivity contribution in [1.29, 1.82) is 0 Å². The van der Waals surface area contributed by atoms with Gasteiger partial charge in [-0.05, 0) is 49.3 Å². The molecule has 4 rings (SSSR count). The Labute approximate surface area is 172 Å². The molecule has 0 amide bonds. The number of benzene rings is 2. The largest absolute Gasteiger partial charge is 0.376 e. The SMILES string of the molecule is O=c1[nH]c(CN(C[C@@H]2CCCO2)C(=S)Nc2ccccc2F)nc2ccccc12. The van der Waals surface area contributed by atoms with Crippen molar-refractivity contribution < 1.29 is 9.13 Å². The van der Waals surface area contributed by atoms with Gasteiger partial charge in [-0.1, -0.05) is 24.3 Å². The molecule has 1 saturated heterocycles. The van der Waals surface area contributed by atoms with Gasteiger partial charge in [-0.25, -0.2) is 9.37 Å². The highest BCUT2D eigenvalue weighted by atomic mass is 32.1. The average molecular weight is 412 g/mol. The zero-order valence-corrected chi connectivity index (χ0v) is 16.5. The summed E-state index contributed by atoms with van der Waals surface area (Å²) < 4.78 is 19.8. The minimum absolute atomic E-state index is 0.0301. The number of para-hydroxylation sites is 2. The Morgan fingerprint density at radius 2 is 2.07 bits per heavy atom. The number of H-pyrrole nitrogens is 1. The van der Waals surface area contributed by atoms with Gasteiger partial charge in [-0.15, -0.1) is 0 Å². The van der Waals surface area contributed by atoms with Gasteiger partial charge in [0.1, 0.15) is 11.6 Å². The van der Waals surface area contributed by atoms with E-state index in [2.05, 4.69) is 15.3 Å². The molecule has 0 unspecified atom stereocenters. The predicted octanol–water partition coefficient (Wildman–Crippen LogP) is 3.44. The van der Waals surface area contributed by atoms with Crippen LogP contribution in [0.15, 0.2) is 53.3 Å². The zero-order valence-electron chi connectivity index (χ0n) is 15.7. The molecule has 0 saturated carbocycles. The van der Waals surface area contributed by atoms with Gasteiger partial charge in [0.2, 0.25) is 0 Å². The smallest absolute Gasteiger partial charge is 0.258 e. The Bertz CT molecular complexity index is 1080. The molecule has 2 N–H and O–H groups in total. The van der Waals surface area contributed by atoms with Crippen LogP contribution in [0.2, 0.25) is 0 Å². The first kappa shape index (κ1) is 19.5. The first-order chi connectivity index (χ1) is 14.1. The van der Waals surface area contributed by atoms with Crippen LogP contribution in [-0.4, -0.2) is 39.2 Å². The molecule has 0 radical (unpaired) electrons. The van der Waals surface area contributed by atoms with Crippen LogP contribution in [0.5, 0.6) is 0 Å². The third-order valence-electron chi connectivity index (χ3n) is 4.85. The molecule has 3 aromatic rings. The summed E-state index contributed by atoms with van der Waals surface area (Å²) >= 11 is 5.55. The van der Waals surface area contributed by atoms with Gasteiger partial charge in [-0.3, -0.25) is 4.79 Å². The van der Waals surface area contributed by atoms with Crippen LogP contribution in [0.25, 0.3) is 10.9 Å². The summed E-state index contributed by atoms with van der Waals surface area (Å²) in [6.07, 6.45) is 1.96. The number of nitrogens with one attached hydrogen (secondary N) is 2. The number of rotatable bonds is 5. The van der Waals surface area contributed by atoms with Gasteiger partial charge in [0.15, 0.2) is 5.11 Å². The van der Waals surface area contributed by atoms with Crippen molar-refractivity contribution in [2.75, 3.05) is 18.5 Å². The van der Waals surface area contributed by atoms with Crippen molar-refractivity contribution >= 4 is 33.9 Å². The third-order valence-corrected chi connectivity index (χ3v) is 5.21. The van der Waals surface area contributed by atoms with Gasteiger partial charge in [0.25, 0.3) is 5.56 Å². The quantitative estimate of drug-likeness (QED) is 0.626. The molecule has 1 atom stereocenters. The number of aromatic nitrogens is 2. The van der Waals surface area contributed by atoms with Gasteiger partial charge in [0.05, 0.1) is 29.2 Å². The lowest BCUT2D eigenvalue weighted by Crippen LogP contribution is -2.40. The van der Waals surface area contributed by atoms with E-state index in [1.807, 2.05) is 11.0 Å². The predicted molar refractivity (Wildman–Crippen MR) is 114 cm³/mol. The van der Waals surface area contributed by atoms with E-state index >= 15 is 0 Å².